The summed E-state index contributed by atoms with van der Waals surface area (Å²) in [7, 11) is 0. The predicted molar refractivity (Wildman–Crippen MR) is 115 cm³/mol. The lowest BCUT2D eigenvalue weighted by Gasteiger charge is -2.24. The molecule has 3 heterocycles. The maximum absolute atomic E-state index is 13.4. The normalized spacial score (nSPS) is 16.4. The van der Waals surface area contributed by atoms with Crippen molar-refractivity contribution in [3.63, 3.8) is 0 Å². The maximum Gasteiger partial charge on any atom is 0.338 e. The van der Waals surface area contributed by atoms with Gasteiger partial charge in [0.1, 0.15) is 0 Å². The number of hydrogen-bond donors (Lipinski definition) is 0. The van der Waals surface area contributed by atoms with Crippen LogP contribution in [0.2, 0.25) is 0 Å². The van der Waals surface area contributed by atoms with Gasteiger partial charge in [0, 0.05) is 18.3 Å². The summed E-state index contributed by atoms with van der Waals surface area (Å²) in [5.41, 5.74) is 2.45. The van der Waals surface area contributed by atoms with E-state index in [0.29, 0.717) is 20.6 Å². The molecule has 8 heteroatoms. The van der Waals surface area contributed by atoms with Crippen LogP contribution in [0.5, 0.6) is 0 Å². The molecule has 0 saturated carbocycles. The Morgan fingerprint density at radius 1 is 1.27 bits per heavy atom. The number of aromatic nitrogens is 3. The predicted octanol–water partition coefficient (Wildman–Crippen LogP) is 2.01. The highest BCUT2D eigenvalue weighted by atomic mass is 32.1. The molecule has 0 bridgehead atoms. The van der Waals surface area contributed by atoms with E-state index in [2.05, 4.69) is 10.1 Å². The minimum absolute atomic E-state index is 0.189. The number of ether oxygens (including phenoxy) is 1. The molecule has 0 unspecified atom stereocenters. The first kappa shape index (κ1) is 20.0. The number of fused-ring (bicyclic) bond motifs is 1. The Balaban J connectivity index is 1.93. The van der Waals surface area contributed by atoms with Crippen LogP contribution in [0.4, 0.5) is 0 Å². The number of nitrogens with zero attached hydrogens (tertiary/aromatic N) is 4. The van der Waals surface area contributed by atoms with Crippen molar-refractivity contribution in [3.8, 4) is 0 Å². The minimum Gasteiger partial charge on any atom is -0.463 e. The van der Waals surface area contributed by atoms with Gasteiger partial charge in [-0.25, -0.2) is 9.79 Å². The van der Waals surface area contributed by atoms with Gasteiger partial charge < -0.3 is 4.74 Å². The first-order valence-electron chi connectivity index (χ1n) is 9.80. The van der Waals surface area contributed by atoms with Crippen molar-refractivity contribution in [2.75, 3.05) is 6.61 Å². The Hall–Kier alpha value is -3.26. The molecule has 2 aromatic heterocycles. The molecule has 0 amide bonds. The summed E-state index contributed by atoms with van der Waals surface area (Å²) in [5, 5.41) is 4.26. The molecule has 3 aromatic rings. The van der Waals surface area contributed by atoms with Crippen molar-refractivity contribution in [3.05, 3.63) is 84.8 Å². The van der Waals surface area contributed by atoms with E-state index in [0.717, 1.165) is 17.7 Å². The van der Waals surface area contributed by atoms with E-state index in [1.165, 1.54) is 11.3 Å². The number of benzene rings is 1. The maximum atomic E-state index is 13.4. The standard InChI is InChI=1S/C22H22N4O3S/c1-4-25-13-15(12-23-25)11-17-20(27)26-19(16-9-7-6-8-10-16)18(21(28)29-5-2)14(3)24-22(26)30-17/h6-13,19H,4-5H2,1-3H3/b17-11+/t19-/m1/s1. The molecule has 0 N–H and O–H groups in total. The zero-order chi connectivity index (χ0) is 21.3. The summed E-state index contributed by atoms with van der Waals surface area (Å²) in [6.07, 6.45) is 5.43. The average molecular weight is 423 g/mol. The van der Waals surface area contributed by atoms with Crippen molar-refractivity contribution in [1.29, 1.82) is 0 Å². The zero-order valence-electron chi connectivity index (χ0n) is 17.0. The largest absolute Gasteiger partial charge is 0.463 e. The summed E-state index contributed by atoms with van der Waals surface area (Å²) in [4.78, 5) is 31.3. The van der Waals surface area contributed by atoms with E-state index in [9.17, 15) is 9.59 Å². The molecular formula is C22H22N4O3S. The van der Waals surface area contributed by atoms with Gasteiger partial charge in [-0.05, 0) is 32.4 Å². The molecule has 0 saturated heterocycles. The third kappa shape index (κ3) is 3.54. The third-order valence-electron chi connectivity index (χ3n) is 4.91. The topological polar surface area (TPSA) is 78.5 Å². The number of hydrogen-bond acceptors (Lipinski definition) is 6. The molecule has 0 radical (unpaired) electrons. The fraction of sp³-hybridized carbons (Fsp3) is 0.273. The van der Waals surface area contributed by atoms with Crippen LogP contribution in [0, 0.1) is 0 Å². The Labute approximate surface area is 177 Å². The van der Waals surface area contributed by atoms with Crippen LogP contribution in [0.15, 0.2) is 63.8 Å². The van der Waals surface area contributed by atoms with Crippen molar-refractivity contribution in [2.24, 2.45) is 4.99 Å². The van der Waals surface area contributed by atoms with Crippen LogP contribution in [0.1, 0.15) is 37.9 Å². The first-order valence-corrected chi connectivity index (χ1v) is 10.6. The van der Waals surface area contributed by atoms with Crippen LogP contribution < -0.4 is 14.9 Å². The van der Waals surface area contributed by atoms with E-state index >= 15 is 0 Å². The van der Waals surface area contributed by atoms with Crippen LogP contribution >= 0.6 is 11.3 Å². The zero-order valence-corrected chi connectivity index (χ0v) is 17.8. The van der Waals surface area contributed by atoms with Crippen LogP contribution in [0.25, 0.3) is 6.08 Å². The Morgan fingerprint density at radius 3 is 2.70 bits per heavy atom. The van der Waals surface area contributed by atoms with Crippen molar-refractivity contribution in [2.45, 2.75) is 33.4 Å². The van der Waals surface area contributed by atoms with E-state index in [1.807, 2.05) is 49.5 Å². The molecule has 154 valence electrons. The molecule has 0 fully saturated rings. The highest BCUT2D eigenvalue weighted by Crippen LogP contribution is 2.30. The summed E-state index contributed by atoms with van der Waals surface area (Å²) in [5.74, 6) is -0.453. The highest BCUT2D eigenvalue weighted by Gasteiger charge is 2.33. The SMILES string of the molecule is CCOC(=O)C1=C(C)N=c2s/c(=C/c3cnn(CC)c3)c(=O)n2[C@@H]1c1ccccc1. The molecule has 0 spiro atoms. The van der Waals surface area contributed by atoms with Gasteiger partial charge in [0.15, 0.2) is 4.80 Å². The Kier molecular flexibility index (Phi) is 5.50. The molecule has 4 rings (SSSR count). The van der Waals surface area contributed by atoms with Crippen molar-refractivity contribution >= 4 is 23.4 Å². The molecule has 1 aliphatic rings. The summed E-state index contributed by atoms with van der Waals surface area (Å²) >= 11 is 1.31. The number of rotatable bonds is 5. The first-order chi connectivity index (χ1) is 14.5. The van der Waals surface area contributed by atoms with Crippen LogP contribution in [0.3, 0.4) is 0 Å². The molecule has 1 atom stereocenters. The summed E-state index contributed by atoms with van der Waals surface area (Å²) < 4.78 is 9.23. The third-order valence-corrected chi connectivity index (χ3v) is 5.89. The Bertz CT molecular complexity index is 1300. The number of allylic oxidation sites excluding steroid dienone is 1. The molecule has 1 aromatic carbocycles. The lowest BCUT2D eigenvalue weighted by Crippen LogP contribution is -2.39. The quantitative estimate of drug-likeness (QED) is 0.590. The van der Waals surface area contributed by atoms with Gasteiger partial charge in [0.25, 0.3) is 5.56 Å². The van der Waals surface area contributed by atoms with Crippen LogP contribution in [-0.4, -0.2) is 26.9 Å². The molecule has 30 heavy (non-hydrogen) atoms. The second-order valence-electron chi connectivity index (χ2n) is 6.84. The molecule has 7 nitrogen and oxygen atoms in total. The molecular weight excluding hydrogens is 400 g/mol. The van der Waals surface area contributed by atoms with Gasteiger partial charge in [0.2, 0.25) is 0 Å². The minimum atomic E-state index is -0.581. The number of aryl methyl sites for hydroxylation is 1. The van der Waals surface area contributed by atoms with Crippen molar-refractivity contribution in [1.82, 2.24) is 14.3 Å². The van der Waals surface area contributed by atoms with Gasteiger partial charge >= 0.3 is 5.97 Å². The van der Waals surface area contributed by atoms with Gasteiger partial charge in [-0.2, -0.15) is 5.10 Å². The van der Waals surface area contributed by atoms with Gasteiger partial charge in [-0.3, -0.25) is 14.0 Å². The lowest BCUT2D eigenvalue weighted by molar-refractivity contribution is -0.139. The smallest absolute Gasteiger partial charge is 0.338 e. The van der Waals surface area contributed by atoms with E-state index in [4.69, 9.17) is 4.74 Å². The number of esters is 1. The second kappa shape index (κ2) is 8.23. The number of thiazole rings is 1. The average Bonchev–Trinajstić information content (AvgIpc) is 3.32. The van der Waals surface area contributed by atoms with Crippen molar-refractivity contribution < 1.29 is 9.53 Å². The highest BCUT2D eigenvalue weighted by molar-refractivity contribution is 7.07. The summed E-state index contributed by atoms with van der Waals surface area (Å²) in [6.45, 7) is 6.56. The molecule has 1 aliphatic heterocycles. The van der Waals surface area contributed by atoms with Crippen LogP contribution in [-0.2, 0) is 16.1 Å². The lowest BCUT2D eigenvalue weighted by atomic mass is 9.96. The van der Waals surface area contributed by atoms with Gasteiger partial charge in [0.05, 0.1) is 34.6 Å². The van der Waals surface area contributed by atoms with E-state index in [1.54, 1.807) is 29.3 Å². The molecule has 0 aliphatic carbocycles. The summed E-state index contributed by atoms with van der Waals surface area (Å²) in [6, 6.07) is 8.92. The number of carbonyl (C=O) groups excluding carboxylic acids is 1. The fourth-order valence-electron chi connectivity index (χ4n) is 3.52. The number of carbonyl (C=O) groups is 1. The second-order valence-corrected chi connectivity index (χ2v) is 7.85. The fourth-order valence-corrected chi connectivity index (χ4v) is 4.57. The van der Waals surface area contributed by atoms with Gasteiger partial charge in [-0.15, -0.1) is 0 Å². The Morgan fingerprint density at radius 2 is 2.03 bits per heavy atom. The van der Waals surface area contributed by atoms with Gasteiger partial charge in [-0.1, -0.05) is 41.7 Å². The van der Waals surface area contributed by atoms with E-state index < -0.39 is 12.0 Å². The monoisotopic (exact) mass is 422 g/mol. The van der Waals surface area contributed by atoms with E-state index in [-0.39, 0.29) is 12.2 Å².